The normalized spacial score (nSPS) is 12.3. The number of nitrogens with one attached hydrogen (secondary N) is 2. The van der Waals surface area contributed by atoms with Gasteiger partial charge in [-0.15, -0.1) is 0 Å². The van der Waals surface area contributed by atoms with E-state index in [1.165, 1.54) is 18.4 Å². The maximum Gasteiger partial charge on any atom is 0.328 e. The second-order valence-corrected chi connectivity index (χ2v) is 9.70. The van der Waals surface area contributed by atoms with Gasteiger partial charge >= 0.3 is 12.0 Å². The summed E-state index contributed by atoms with van der Waals surface area (Å²) in [6.45, 7) is 3.80. The van der Waals surface area contributed by atoms with Gasteiger partial charge in [0.1, 0.15) is 6.04 Å². The van der Waals surface area contributed by atoms with Gasteiger partial charge < -0.3 is 19.9 Å². The maximum atomic E-state index is 13.0. The van der Waals surface area contributed by atoms with Crippen molar-refractivity contribution in [2.24, 2.45) is 4.99 Å². The molecule has 0 aliphatic heterocycles. The van der Waals surface area contributed by atoms with Crippen molar-refractivity contribution in [3.05, 3.63) is 87.7 Å². The number of rotatable bonds is 6. The van der Waals surface area contributed by atoms with Crippen molar-refractivity contribution < 1.29 is 19.1 Å². The fourth-order valence-electron chi connectivity index (χ4n) is 3.80. The molecule has 2 N–H and O–H groups in total. The third-order valence-corrected chi connectivity index (χ3v) is 6.89. The number of anilines is 2. The summed E-state index contributed by atoms with van der Waals surface area (Å²) in [4.78, 5) is 42.8. The van der Waals surface area contributed by atoms with E-state index in [1.807, 2.05) is 26.0 Å². The number of methoxy groups -OCH3 is 1. The van der Waals surface area contributed by atoms with Crippen LogP contribution in [0, 0.1) is 6.92 Å². The van der Waals surface area contributed by atoms with E-state index >= 15 is 0 Å². The van der Waals surface area contributed by atoms with Crippen molar-refractivity contribution in [2.75, 3.05) is 17.7 Å². The molecule has 1 unspecified atom stereocenters. The molecule has 8 nitrogen and oxygen atoms in total. The molecule has 0 aliphatic carbocycles. The summed E-state index contributed by atoms with van der Waals surface area (Å²) in [7, 11) is 1.33. The van der Waals surface area contributed by atoms with Crippen LogP contribution in [0.25, 0.3) is 10.2 Å². The quantitative estimate of drug-likeness (QED) is 0.287. The van der Waals surface area contributed by atoms with Crippen molar-refractivity contribution in [1.29, 1.82) is 0 Å². The number of carbonyl (C=O) groups is 3. The first-order valence-electron chi connectivity index (χ1n) is 11.5. The average Bonchev–Trinajstić information content (AvgIpc) is 3.21. The molecule has 0 bridgehead atoms. The monoisotopic (exact) mass is 536 g/mol. The minimum atomic E-state index is -0.673. The van der Waals surface area contributed by atoms with Gasteiger partial charge in [0.2, 0.25) is 0 Å². The van der Waals surface area contributed by atoms with Crippen LogP contribution in [0.2, 0.25) is 5.02 Å². The lowest BCUT2D eigenvalue weighted by Crippen LogP contribution is -2.28. The molecule has 0 saturated carbocycles. The van der Waals surface area contributed by atoms with Gasteiger partial charge in [-0.2, -0.15) is 4.99 Å². The Morgan fingerprint density at radius 2 is 1.73 bits per heavy atom. The van der Waals surface area contributed by atoms with E-state index in [9.17, 15) is 14.4 Å². The molecule has 3 aromatic carbocycles. The third kappa shape index (κ3) is 6.07. The number of aryl methyl sites for hydroxylation is 1. The van der Waals surface area contributed by atoms with E-state index in [-0.39, 0.29) is 0 Å². The predicted octanol–water partition coefficient (Wildman–Crippen LogP) is 6.17. The fourth-order valence-corrected chi connectivity index (χ4v) is 5.10. The Morgan fingerprint density at radius 3 is 2.38 bits per heavy atom. The summed E-state index contributed by atoms with van der Waals surface area (Å²) in [5, 5.41) is 6.04. The van der Waals surface area contributed by atoms with Crippen LogP contribution >= 0.6 is 22.9 Å². The number of aromatic nitrogens is 1. The van der Waals surface area contributed by atoms with E-state index in [0.29, 0.717) is 38.7 Å². The lowest BCUT2D eigenvalue weighted by atomic mass is 10.1. The van der Waals surface area contributed by atoms with Gasteiger partial charge in [0.05, 0.1) is 17.3 Å². The number of halogens is 1. The van der Waals surface area contributed by atoms with E-state index in [0.717, 1.165) is 10.3 Å². The highest BCUT2D eigenvalue weighted by atomic mass is 35.5. The van der Waals surface area contributed by atoms with Gasteiger partial charge in [-0.25, -0.2) is 9.59 Å². The largest absolute Gasteiger partial charge is 0.467 e. The maximum absolute atomic E-state index is 13.0. The van der Waals surface area contributed by atoms with Crippen LogP contribution in [0.3, 0.4) is 0 Å². The molecule has 10 heteroatoms. The topological polar surface area (TPSA) is 102 Å². The number of esters is 1. The summed E-state index contributed by atoms with van der Waals surface area (Å²) < 4.78 is 7.47. The molecule has 190 valence electrons. The molecule has 0 radical (unpaired) electrons. The Balaban J connectivity index is 1.72. The van der Waals surface area contributed by atoms with Crippen molar-refractivity contribution in [1.82, 2.24) is 4.57 Å². The summed E-state index contributed by atoms with van der Waals surface area (Å²) in [5.74, 6) is -0.853. The summed E-state index contributed by atoms with van der Waals surface area (Å²) in [6.07, 6.45) is 0.437. The Labute approximate surface area is 222 Å². The Hall–Kier alpha value is -3.95. The fraction of sp³-hybridized carbons (Fsp3) is 0.185. The van der Waals surface area contributed by atoms with Gasteiger partial charge in [0.25, 0.3) is 5.91 Å². The first-order chi connectivity index (χ1) is 17.8. The van der Waals surface area contributed by atoms with Crippen LogP contribution in [-0.4, -0.2) is 29.6 Å². The first-order valence-corrected chi connectivity index (χ1v) is 12.7. The average molecular weight is 537 g/mol. The predicted molar refractivity (Wildman–Crippen MR) is 146 cm³/mol. The molecule has 3 amide bonds. The molecule has 1 heterocycles. The van der Waals surface area contributed by atoms with Crippen LogP contribution in [-0.2, 0) is 9.53 Å². The van der Waals surface area contributed by atoms with Crippen LogP contribution in [0.4, 0.5) is 16.2 Å². The van der Waals surface area contributed by atoms with Gasteiger partial charge in [0, 0.05) is 22.0 Å². The molecular weight excluding hydrogens is 512 g/mol. The van der Waals surface area contributed by atoms with Gasteiger partial charge in [-0.05, 0) is 61.9 Å². The number of benzene rings is 3. The minimum Gasteiger partial charge on any atom is -0.467 e. The SMILES string of the molecule is CCC(C(=O)OC)n1c(=NC(=O)c2ccc(C)cc2)sc2cc(NC(=O)Nc3cccc(Cl)c3)ccc21. The summed E-state index contributed by atoms with van der Waals surface area (Å²) in [5.41, 5.74) is 3.26. The number of urea groups is 1. The van der Waals surface area contributed by atoms with E-state index in [2.05, 4.69) is 15.6 Å². The third-order valence-electron chi connectivity index (χ3n) is 5.63. The van der Waals surface area contributed by atoms with Crippen LogP contribution in [0.1, 0.15) is 35.3 Å². The summed E-state index contributed by atoms with van der Waals surface area (Å²) >= 11 is 7.23. The Morgan fingerprint density at radius 1 is 1.03 bits per heavy atom. The van der Waals surface area contributed by atoms with Crippen LogP contribution in [0.5, 0.6) is 0 Å². The Kier molecular flexibility index (Phi) is 8.05. The van der Waals surface area contributed by atoms with Gasteiger partial charge in [-0.1, -0.05) is 53.6 Å². The van der Waals surface area contributed by atoms with E-state index < -0.39 is 23.9 Å². The molecule has 0 aliphatic rings. The van der Waals surface area contributed by atoms with Crippen molar-refractivity contribution >= 4 is 62.4 Å². The zero-order chi connectivity index (χ0) is 26.5. The first kappa shape index (κ1) is 26.1. The highest BCUT2D eigenvalue weighted by Gasteiger charge is 2.24. The molecule has 0 spiro atoms. The molecule has 1 atom stereocenters. The number of carbonyl (C=O) groups excluding carboxylic acids is 3. The number of thiazole rings is 1. The van der Waals surface area contributed by atoms with Gasteiger partial charge in [0.15, 0.2) is 4.80 Å². The number of nitrogens with zero attached hydrogens (tertiary/aromatic N) is 2. The molecule has 0 saturated heterocycles. The number of fused-ring (bicyclic) bond motifs is 1. The molecule has 4 rings (SSSR count). The second-order valence-electron chi connectivity index (χ2n) is 8.26. The highest BCUT2D eigenvalue weighted by Crippen LogP contribution is 2.27. The number of ether oxygens (including phenoxy) is 1. The van der Waals surface area contributed by atoms with Crippen molar-refractivity contribution in [2.45, 2.75) is 26.3 Å². The molecule has 4 aromatic rings. The molecule has 37 heavy (non-hydrogen) atoms. The molecule has 0 fully saturated rings. The van der Waals surface area contributed by atoms with Crippen LogP contribution in [0.15, 0.2) is 71.7 Å². The lowest BCUT2D eigenvalue weighted by molar-refractivity contribution is -0.144. The standard InChI is InChI=1S/C27H25ClN4O4S/c1-4-21(25(34)36-3)32-22-13-12-20(30-26(35)29-19-7-5-6-18(28)14-19)15-23(22)37-27(32)31-24(33)17-10-8-16(2)9-11-17/h5-15,21H,4H2,1-3H3,(H2,29,30,35). The number of amides is 3. The lowest BCUT2D eigenvalue weighted by Gasteiger charge is -2.16. The zero-order valence-corrected chi connectivity index (χ0v) is 22.0. The second kappa shape index (κ2) is 11.4. The van der Waals surface area contributed by atoms with E-state index in [1.54, 1.807) is 59.2 Å². The smallest absolute Gasteiger partial charge is 0.328 e. The molecular formula is C27H25ClN4O4S. The van der Waals surface area contributed by atoms with Crippen LogP contribution < -0.4 is 15.4 Å². The number of hydrogen-bond acceptors (Lipinski definition) is 5. The minimum absolute atomic E-state index is 0.360. The van der Waals surface area contributed by atoms with E-state index in [4.69, 9.17) is 16.3 Å². The Bertz CT molecular complexity index is 1540. The summed E-state index contributed by atoms with van der Waals surface area (Å²) in [6, 6.07) is 18.1. The van der Waals surface area contributed by atoms with Gasteiger partial charge in [-0.3, -0.25) is 4.79 Å². The highest BCUT2D eigenvalue weighted by molar-refractivity contribution is 7.16. The zero-order valence-electron chi connectivity index (χ0n) is 20.4. The molecule has 1 aromatic heterocycles. The van der Waals surface area contributed by atoms with Crippen molar-refractivity contribution in [3.8, 4) is 0 Å². The number of hydrogen-bond donors (Lipinski definition) is 2. The van der Waals surface area contributed by atoms with Crippen molar-refractivity contribution in [3.63, 3.8) is 0 Å².